The molecule has 6 atom stereocenters. The first-order chi connectivity index (χ1) is 63.6. The number of halogens is 4. The van der Waals surface area contributed by atoms with E-state index in [1.807, 2.05) is 40.9 Å². The number of carbonyl (C=O) groups excluding carboxylic acids is 2. The van der Waals surface area contributed by atoms with Gasteiger partial charge < -0.3 is 9.47 Å². The van der Waals surface area contributed by atoms with Crippen LogP contribution in [0.4, 0.5) is 8.78 Å². The zero-order valence-corrected chi connectivity index (χ0v) is 99.8. The first-order valence-electron chi connectivity index (χ1n) is 51.9. The van der Waals surface area contributed by atoms with Crippen LogP contribution in [0.25, 0.3) is 91.8 Å². The second-order valence-corrected chi connectivity index (χ2v) is 82.6. The zero-order chi connectivity index (χ0) is 95.3. The van der Waals surface area contributed by atoms with E-state index in [1.165, 1.54) is 285 Å². The normalized spacial score (nSPS) is 13.6. The number of hydrogen-bond acceptors (Lipinski definition) is 14. The predicted molar refractivity (Wildman–Crippen MR) is 603 cm³/mol. The summed E-state index contributed by atoms with van der Waals surface area (Å²) in [7, 11) is 0. The van der Waals surface area contributed by atoms with Gasteiger partial charge in [-0.15, -0.1) is 68.0 Å². The van der Waals surface area contributed by atoms with Gasteiger partial charge in [0.25, 0.3) is 0 Å². The van der Waals surface area contributed by atoms with Crippen molar-refractivity contribution in [3.8, 4) is 32.8 Å². The van der Waals surface area contributed by atoms with E-state index in [-0.39, 0.29) is 39.9 Å². The smallest absolute Gasteiger partial charge is 0.178 e. The Morgan fingerprint density at radius 2 is 0.636 bits per heavy atom. The van der Waals surface area contributed by atoms with E-state index >= 15 is 4.39 Å². The minimum atomic E-state index is -2.32. The standard InChI is InChI=1S/C54H75FO3S4.C38H54O2S2.C14H15Br2FOS2.6CH3.2Sn/c1-9-15-20-22-26-37(24-17-11-3)33-57-50-41-31-45-43(32-46(61-45)53-47-48(55)54(62-52(47)36(8)60-53)49(56)39(14-6)28-19-13-5)51(40(41)30-44-42(50)29-35(7)59-44)58-34-38(25-18-12-4)27-23-21-16-10-2;1-5-9-13-15-19-29(17-11-7-3)27-39-37-31-21-23-41-35(31)26-34-33(37)25-36-32(22-24-42-36)38(34)40-28-30(18-12-8-4)20-16-14-10-6-2;1-3-5-6-7(4-2)10(18)12-9(17)8-11(19-12)14(16)20-13(8)15;;;;;;;;/h29-32,37-39H,9-28,33-34H2,1-8H3;21-22,25-26,29-30H,5-20,27-28H2,1-4H3;7H,3-6H2,1-2H3;6*1H3;;. The minimum absolute atomic E-state index is 0.0266. The summed E-state index contributed by atoms with van der Waals surface area (Å²) >= 11 is 15.6. The maximum absolute atomic E-state index is 16.8. The maximum Gasteiger partial charge on any atom is 0.178 e. The molecule has 0 radical (unpaired) electrons. The summed E-state index contributed by atoms with van der Waals surface area (Å²) in [5.41, 5.74) is 0. The van der Waals surface area contributed by atoms with Crippen molar-refractivity contribution in [1.29, 1.82) is 0 Å². The Morgan fingerprint density at radius 3 is 0.977 bits per heavy atom. The number of Topliss-reactive ketones (excluding diaryl/α,β-unsaturated/α-hetero) is 2. The Labute approximate surface area is 852 Å². The molecule has 6 nitrogen and oxygen atoms in total. The van der Waals surface area contributed by atoms with E-state index in [0.29, 0.717) is 45.9 Å². The van der Waals surface area contributed by atoms with Crippen molar-refractivity contribution in [3.63, 3.8) is 0 Å². The van der Waals surface area contributed by atoms with Gasteiger partial charge in [0.1, 0.15) is 21.3 Å². The molecular formula is C112H162Br2F2O6S8Sn2. The van der Waals surface area contributed by atoms with Crippen LogP contribution in [0.15, 0.2) is 56.1 Å². The molecule has 4 aromatic carbocycles. The Morgan fingerprint density at radius 1 is 0.326 bits per heavy atom. The Kier molecular flexibility index (Phi) is 47.1. The number of fused-ring (bicyclic) bond motifs is 8. The van der Waals surface area contributed by atoms with E-state index in [9.17, 15) is 14.0 Å². The number of rotatable bonds is 59. The molecule has 0 amide bonds. The van der Waals surface area contributed by atoms with Gasteiger partial charge in [-0.25, -0.2) is 8.78 Å². The first kappa shape index (κ1) is 111. The average Bonchev–Trinajstić information content (AvgIpc) is 1.57. The fourth-order valence-electron chi connectivity index (χ4n) is 18.8. The molecular weight excluding hydrogens is 2130 g/mol. The third-order valence-corrected chi connectivity index (χ3v) is 57.1. The molecule has 0 spiro atoms. The molecule has 132 heavy (non-hydrogen) atoms. The van der Waals surface area contributed by atoms with Crippen LogP contribution in [-0.2, 0) is 0 Å². The molecule has 0 bridgehead atoms. The van der Waals surface area contributed by atoms with Crippen molar-refractivity contribution in [2.75, 3.05) is 26.4 Å². The quantitative estimate of drug-likeness (QED) is 0.0215. The van der Waals surface area contributed by atoms with Gasteiger partial charge in [0.15, 0.2) is 23.2 Å². The van der Waals surface area contributed by atoms with Gasteiger partial charge >= 0.3 is 313 Å². The minimum Gasteiger partial charge on any atom is -0.492 e. The second kappa shape index (κ2) is 55.8. The Bertz CT molecular complexity index is 5460. The molecule has 730 valence electrons. The number of benzene rings is 4. The van der Waals surface area contributed by atoms with Crippen LogP contribution in [0.3, 0.4) is 0 Å². The molecule has 0 N–H and O–H groups in total. The van der Waals surface area contributed by atoms with Crippen LogP contribution in [0, 0.1) is 61.0 Å². The van der Waals surface area contributed by atoms with Crippen LogP contribution in [-0.4, -0.2) is 74.7 Å². The molecule has 8 heterocycles. The number of ketones is 2. The molecule has 6 unspecified atom stereocenters. The fraction of sp³-hybridized carbons (Fsp3) is 0.625. The molecule has 0 saturated carbocycles. The van der Waals surface area contributed by atoms with Gasteiger partial charge in [-0.1, -0.05) is 172 Å². The molecule has 0 aliphatic heterocycles. The van der Waals surface area contributed by atoms with E-state index < -0.39 is 36.8 Å². The molecule has 12 aromatic rings. The summed E-state index contributed by atoms with van der Waals surface area (Å²) in [6.45, 7) is 34.1. The number of ether oxygens (including phenoxy) is 4. The maximum atomic E-state index is 16.8. The van der Waals surface area contributed by atoms with E-state index in [2.05, 4.69) is 200 Å². The largest absolute Gasteiger partial charge is 0.492 e. The van der Waals surface area contributed by atoms with Gasteiger partial charge in [-0.2, -0.15) is 0 Å². The summed E-state index contributed by atoms with van der Waals surface area (Å²) in [5, 5.41) is 10.9. The SMILES string of the molecule is CCCCC(CC)C(=O)c1sc2c(Br)sc(Br)c2c1F.CCCCCCC(CCCC)COc1c2c[c]([Sn]([CH3])([CH3])[CH3])sc2cc2c(OCC(CCCC)CCCCCC)c3c[c]([Sn]([CH3])([CH3])[CH3])sc3cc12.CCCCCCC(CCCC)COc1c2cc(C)sc2cc2c(OCC(CCCC)CCCCCC)c3cc(-c4sc(C)c5sc(C(=O)C(CC)CCCC)c(F)c45)sc3cc12. The van der Waals surface area contributed by atoms with Crippen LogP contribution in [0.1, 0.15) is 369 Å². The van der Waals surface area contributed by atoms with Crippen molar-refractivity contribution in [3.05, 3.63) is 87.2 Å². The third-order valence-electron chi connectivity index (χ3n) is 27.1. The van der Waals surface area contributed by atoms with Crippen molar-refractivity contribution in [1.82, 2.24) is 0 Å². The van der Waals surface area contributed by atoms with Crippen LogP contribution >= 0.6 is 123 Å². The Hall–Kier alpha value is -2.48. The summed E-state index contributed by atoms with van der Waals surface area (Å²) in [5.74, 6) is 5.48. The van der Waals surface area contributed by atoms with Crippen molar-refractivity contribution < 1.29 is 37.3 Å². The molecule has 12 rings (SSSR count). The molecule has 0 fully saturated rings. The van der Waals surface area contributed by atoms with E-state index in [4.69, 9.17) is 18.9 Å². The number of carbonyl (C=O) groups is 2. The summed E-state index contributed by atoms with van der Waals surface area (Å²) in [6, 6.07) is 19.3. The second-order valence-electron chi connectivity index (χ2n) is 40.3. The van der Waals surface area contributed by atoms with Gasteiger partial charge in [-0.3, -0.25) is 9.59 Å². The molecule has 0 saturated heterocycles. The zero-order valence-electron chi connectivity index (χ0n) is 84.4. The molecule has 20 heteroatoms. The van der Waals surface area contributed by atoms with Crippen LogP contribution in [0.5, 0.6) is 23.0 Å². The van der Waals surface area contributed by atoms with Crippen LogP contribution < -0.4 is 24.7 Å². The van der Waals surface area contributed by atoms with Gasteiger partial charge in [0.05, 0.1) is 40.4 Å². The number of hydrogen-bond donors (Lipinski definition) is 0. The number of unbranched alkanes of at least 4 members (excludes halogenated alkanes) is 18. The molecule has 0 aliphatic rings. The van der Waals surface area contributed by atoms with Gasteiger partial charge in [0, 0.05) is 62.8 Å². The topological polar surface area (TPSA) is 71.1 Å². The summed E-state index contributed by atoms with van der Waals surface area (Å²) < 4.78 is 71.9. The first-order valence-corrected chi connectivity index (χ1v) is 80.0. The number of thiophene rings is 8. The number of aryl methyl sites for hydroxylation is 2. The molecule has 8 aromatic heterocycles. The Balaban J connectivity index is 0.000000230. The van der Waals surface area contributed by atoms with E-state index in [1.54, 1.807) is 28.5 Å². The predicted octanol–water partition coefficient (Wildman–Crippen LogP) is 41.4. The van der Waals surface area contributed by atoms with E-state index in [0.717, 1.165) is 147 Å². The van der Waals surface area contributed by atoms with Crippen LogP contribution in [0.2, 0.25) is 29.6 Å². The summed E-state index contributed by atoms with van der Waals surface area (Å²) in [4.78, 5) is 46.6. The third kappa shape index (κ3) is 29.8. The van der Waals surface area contributed by atoms with Gasteiger partial charge in [0.2, 0.25) is 0 Å². The van der Waals surface area contributed by atoms with Crippen molar-refractivity contribution in [2.45, 2.75) is 383 Å². The van der Waals surface area contributed by atoms with Crippen molar-refractivity contribution >= 4 is 259 Å². The fourth-order valence-corrected chi connectivity index (χ4v) is 40.7. The molecule has 0 aliphatic carbocycles. The van der Waals surface area contributed by atoms with Crippen molar-refractivity contribution in [2.24, 2.45) is 35.5 Å². The monoisotopic (exact) mass is 2290 g/mol. The van der Waals surface area contributed by atoms with Gasteiger partial charge in [-0.05, 0) is 133 Å². The summed E-state index contributed by atoms with van der Waals surface area (Å²) in [6.07, 6.45) is 47.8. The average molecular weight is 2300 g/mol.